The van der Waals surface area contributed by atoms with Crippen molar-refractivity contribution in [2.24, 2.45) is 5.92 Å². The van der Waals surface area contributed by atoms with Gasteiger partial charge in [0.25, 0.3) is 0 Å². The molecule has 1 heterocycles. The second kappa shape index (κ2) is 11.1. The third kappa shape index (κ3) is 5.36. The van der Waals surface area contributed by atoms with Gasteiger partial charge in [0.2, 0.25) is 17.5 Å². The Hall–Kier alpha value is -4.79. The fraction of sp³-hybridized carbons (Fsp3) is 0.258. The van der Waals surface area contributed by atoms with Crippen molar-refractivity contribution >= 4 is 17.6 Å². The van der Waals surface area contributed by atoms with E-state index in [4.69, 9.17) is 24.0 Å². The van der Waals surface area contributed by atoms with Crippen LogP contribution in [0.5, 0.6) is 23.1 Å². The second-order valence-electron chi connectivity index (χ2n) is 9.63. The Labute approximate surface area is 232 Å². The number of aryl methyl sites for hydroxylation is 1. The van der Waals surface area contributed by atoms with E-state index in [1.165, 1.54) is 6.92 Å². The summed E-state index contributed by atoms with van der Waals surface area (Å²) in [4.78, 5) is 24.6. The van der Waals surface area contributed by atoms with E-state index in [-0.39, 0.29) is 17.7 Å². The summed E-state index contributed by atoms with van der Waals surface area (Å²) >= 11 is 0. The molecule has 1 fully saturated rings. The van der Waals surface area contributed by atoms with Crippen molar-refractivity contribution in [3.05, 3.63) is 66.2 Å². The molecule has 0 radical (unpaired) electrons. The zero-order valence-electron chi connectivity index (χ0n) is 23.1. The Bertz CT molecular complexity index is 1550. The maximum atomic E-state index is 12.4. The number of amides is 1. The summed E-state index contributed by atoms with van der Waals surface area (Å²) in [5.41, 5.74) is 4.96. The lowest BCUT2D eigenvalue weighted by Gasteiger charge is -2.14. The topological polar surface area (TPSA) is 101 Å². The van der Waals surface area contributed by atoms with Crippen LogP contribution >= 0.6 is 0 Å². The number of nitrogens with one attached hydrogen (secondary N) is 1. The number of carbonyl (C=O) groups excluding carboxylic acids is 2. The van der Waals surface area contributed by atoms with Crippen LogP contribution in [0.4, 0.5) is 5.69 Å². The molecule has 206 valence electrons. The van der Waals surface area contributed by atoms with Gasteiger partial charge in [0.1, 0.15) is 5.69 Å². The van der Waals surface area contributed by atoms with E-state index in [2.05, 4.69) is 5.32 Å². The third-order valence-electron chi connectivity index (χ3n) is 6.66. The number of esters is 1. The molecule has 40 heavy (non-hydrogen) atoms. The van der Waals surface area contributed by atoms with E-state index in [0.29, 0.717) is 39.8 Å². The van der Waals surface area contributed by atoms with Gasteiger partial charge < -0.3 is 24.3 Å². The lowest BCUT2D eigenvalue weighted by atomic mass is 10.00. The molecule has 1 saturated carbocycles. The largest absolute Gasteiger partial charge is 0.493 e. The van der Waals surface area contributed by atoms with Crippen molar-refractivity contribution in [1.29, 1.82) is 0 Å². The van der Waals surface area contributed by atoms with Crippen molar-refractivity contribution in [1.82, 2.24) is 9.78 Å². The highest BCUT2D eigenvalue weighted by Crippen LogP contribution is 2.46. The summed E-state index contributed by atoms with van der Waals surface area (Å²) < 4.78 is 24.2. The van der Waals surface area contributed by atoms with Crippen LogP contribution in [0.1, 0.15) is 25.3 Å². The number of methoxy groups -OCH3 is 3. The monoisotopic (exact) mass is 541 g/mol. The Morgan fingerprint density at radius 1 is 0.900 bits per heavy atom. The quantitative estimate of drug-likeness (QED) is 0.267. The smallest absolute Gasteiger partial charge is 0.309 e. The van der Waals surface area contributed by atoms with E-state index in [1.807, 2.05) is 55.5 Å². The van der Waals surface area contributed by atoms with Gasteiger partial charge in [-0.05, 0) is 67.3 Å². The molecule has 0 spiro atoms. The second-order valence-corrected chi connectivity index (χ2v) is 9.63. The molecule has 4 aromatic rings. The number of carbonyl (C=O) groups is 2. The average molecular weight is 542 g/mol. The van der Waals surface area contributed by atoms with Crippen LogP contribution in [0.25, 0.3) is 28.1 Å². The van der Waals surface area contributed by atoms with E-state index < -0.39 is 5.97 Å². The first-order valence-electron chi connectivity index (χ1n) is 12.9. The standard InChI is InChI=1S/C31H31N3O6/c1-18-7-6-8-24(15-18)34-31(40-19(2)35)27(20-11-13-23(14-12-20)32-30(36)21-9-10-21)28(33-34)22-16-25(37-3)29(39-5)26(17-22)38-4/h6-8,11-17,21H,9-10H2,1-5H3,(H,32,36). The highest BCUT2D eigenvalue weighted by Gasteiger charge is 2.30. The fourth-order valence-corrected chi connectivity index (χ4v) is 4.56. The molecule has 0 unspecified atom stereocenters. The van der Waals surface area contributed by atoms with Crippen LogP contribution in [-0.4, -0.2) is 43.0 Å². The number of aromatic nitrogens is 2. The molecule has 9 heteroatoms. The molecule has 0 saturated heterocycles. The van der Waals surface area contributed by atoms with Gasteiger partial charge in [-0.2, -0.15) is 9.78 Å². The van der Waals surface area contributed by atoms with Crippen molar-refractivity contribution in [3.8, 4) is 51.2 Å². The van der Waals surface area contributed by atoms with Gasteiger partial charge in [0.15, 0.2) is 11.5 Å². The molecule has 1 N–H and O–H groups in total. The highest BCUT2D eigenvalue weighted by molar-refractivity contribution is 5.95. The maximum absolute atomic E-state index is 12.4. The first-order valence-corrected chi connectivity index (χ1v) is 12.9. The summed E-state index contributed by atoms with van der Waals surface area (Å²) in [5, 5.41) is 7.91. The van der Waals surface area contributed by atoms with E-state index in [9.17, 15) is 9.59 Å². The predicted octanol–water partition coefficient (Wildman–Crippen LogP) is 5.81. The molecule has 1 aliphatic rings. The first kappa shape index (κ1) is 26.8. The average Bonchev–Trinajstić information content (AvgIpc) is 3.74. The van der Waals surface area contributed by atoms with E-state index in [1.54, 1.807) is 38.1 Å². The number of anilines is 1. The minimum absolute atomic E-state index is 0.0266. The van der Waals surface area contributed by atoms with Gasteiger partial charge in [-0.3, -0.25) is 9.59 Å². The van der Waals surface area contributed by atoms with Crippen LogP contribution in [0.3, 0.4) is 0 Å². The number of ether oxygens (including phenoxy) is 4. The minimum atomic E-state index is -0.486. The van der Waals surface area contributed by atoms with Gasteiger partial charge in [-0.25, -0.2) is 0 Å². The number of rotatable bonds is 9. The summed E-state index contributed by atoms with van der Waals surface area (Å²) in [5.74, 6) is 1.26. The molecule has 1 aliphatic carbocycles. The predicted molar refractivity (Wildman–Crippen MR) is 151 cm³/mol. The van der Waals surface area contributed by atoms with Gasteiger partial charge in [-0.15, -0.1) is 0 Å². The molecule has 1 aromatic heterocycles. The SMILES string of the molecule is COc1cc(-c2nn(-c3cccc(C)c3)c(OC(C)=O)c2-c2ccc(NC(=O)C3CC3)cc2)cc(OC)c1OC. The highest BCUT2D eigenvalue weighted by atomic mass is 16.5. The van der Waals surface area contributed by atoms with Crippen molar-refractivity contribution in [2.75, 3.05) is 26.6 Å². The number of nitrogens with zero attached hydrogens (tertiary/aromatic N) is 2. The van der Waals surface area contributed by atoms with Crippen molar-refractivity contribution < 1.29 is 28.5 Å². The molecule has 0 aliphatic heterocycles. The van der Waals surface area contributed by atoms with Gasteiger partial charge in [-0.1, -0.05) is 24.3 Å². The van der Waals surface area contributed by atoms with Crippen LogP contribution in [0, 0.1) is 12.8 Å². The van der Waals surface area contributed by atoms with Gasteiger partial charge in [0.05, 0.1) is 32.6 Å². The normalized spacial score (nSPS) is 12.5. The lowest BCUT2D eigenvalue weighted by Crippen LogP contribution is -2.13. The Kier molecular flexibility index (Phi) is 7.46. The van der Waals surface area contributed by atoms with Crippen LogP contribution in [-0.2, 0) is 9.59 Å². The minimum Gasteiger partial charge on any atom is -0.493 e. The molecule has 1 amide bonds. The zero-order chi connectivity index (χ0) is 28.4. The van der Waals surface area contributed by atoms with Gasteiger partial charge in [0, 0.05) is 24.1 Å². The summed E-state index contributed by atoms with van der Waals surface area (Å²) in [7, 11) is 4.64. The third-order valence-corrected chi connectivity index (χ3v) is 6.66. The summed E-state index contributed by atoms with van der Waals surface area (Å²) in [6, 6.07) is 18.8. The van der Waals surface area contributed by atoms with E-state index >= 15 is 0 Å². The van der Waals surface area contributed by atoms with Crippen molar-refractivity contribution in [2.45, 2.75) is 26.7 Å². The molecule has 5 rings (SSSR count). The Morgan fingerprint density at radius 2 is 1.57 bits per heavy atom. The molecule has 9 nitrogen and oxygen atoms in total. The summed E-state index contributed by atoms with van der Waals surface area (Å²) in [6.45, 7) is 3.33. The Morgan fingerprint density at radius 3 is 2.12 bits per heavy atom. The summed E-state index contributed by atoms with van der Waals surface area (Å²) in [6.07, 6.45) is 1.85. The molecule has 3 aromatic carbocycles. The van der Waals surface area contributed by atoms with Crippen molar-refractivity contribution in [3.63, 3.8) is 0 Å². The number of benzene rings is 3. The molecular formula is C31H31N3O6. The Balaban J connectivity index is 1.73. The number of hydrogen-bond donors (Lipinski definition) is 1. The molecule has 0 atom stereocenters. The lowest BCUT2D eigenvalue weighted by molar-refractivity contribution is -0.132. The first-order chi connectivity index (χ1) is 19.3. The van der Waals surface area contributed by atoms with Gasteiger partial charge >= 0.3 is 5.97 Å². The van der Waals surface area contributed by atoms with E-state index in [0.717, 1.165) is 29.7 Å². The maximum Gasteiger partial charge on any atom is 0.309 e. The fourth-order valence-electron chi connectivity index (χ4n) is 4.56. The molecular weight excluding hydrogens is 510 g/mol. The zero-order valence-corrected chi connectivity index (χ0v) is 23.1. The van der Waals surface area contributed by atoms with Crippen LogP contribution in [0.2, 0.25) is 0 Å². The van der Waals surface area contributed by atoms with Crippen LogP contribution in [0.15, 0.2) is 60.7 Å². The number of hydrogen-bond acceptors (Lipinski definition) is 7. The van der Waals surface area contributed by atoms with Crippen LogP contribution < -0.4 is 24.3 Å². The molecule has 0 bridgehead atoms.